The first kappa shape index (κ1) is 19.7. The summed E-state index contributed by atoms with van der Waals surface area (Å²) in [7, 11) is 0. The second-order valence-electron chi connectivity index (χ2n) is 15.9. The Labute approximate surface area is 443 Å². The highest BCUT2D eigenvalue weighted by molar-refractivity contribution is 6.09. The van der Waals surface area contributed by atoms with Crippen LogP contribution in [0.15, 0.2) is 200 Å². The quantitative estimate of drug-likeness (QED) is 0.112. The van der Waals surface area contributed by atoms with Crippen LogP contribution in [-0.4, -0.2) is 14.1 Å². The van der Waals surface area contributed by atoms with Gasteiger partial charge < -0.3 is 4.74 Å². The molecule has 1 aliphatic carbocycles. The van der Waals surface area contributed by atoms with Crippen molar-refractivity contribution in [2.75, 3.05) is 0 Å². The van der Waals surface area contributed by atoms with Crippen molar-refractivity contribution in [2.24, 2.45) is 0 Å². The number of aryl methyl sites for hydroxylation is 1. The molecule has 5 nitrogen and oxygen atoms in total. The van der Waals surface area contributed by atoms with Gasteiger partial charge in [0, 0.05) is 54.6 Å². The molecule has 0 fully saturated rings. The maximum atomic E-state index is 10.2. The lowest BCUT2D eigenvalue weighted by Crippen LogP contribution is -2.34. The van der Waals surface area contributed by atoms with Crippen molar-refractivity contribution in [2.45, 2.75) is 57.8 Å². The van der Waals surface area contributed by atoms with Gasteiger partial charge in [-0.05, 0) is 117 Å². The Morgan fingerprint density at radius 2 is 1.29 bits per heavy atom. The molecule has 12 rings (SSSR count). The van der Waals surface area contributed by atoms with Crippen molar-refractivity contribution in [1.82, 2.24) is 14.1 Å². The molecule has 0 atom stereocenters. The fraction of sp³-hybridized carbons (Fsp3) is 0.143. The van der Waals surface area contributed by atoms with E-state index >= 15 is 0 Å². The van der Waals surface area contributed by atoms with E-state index in [2.05, 4.69) is 11.3 Å². The number of para-hydroxylation sites is 4. The fourth-order valence-electron chi connectivity index (χ4n) is 8.64. The molecule has 0 spiro atoms. The van der Waals surface area contributed by atoms with Crippen LogP contribution in [0.3, 0.4) is 0 Å². The number of pyridine rings is 1. The Balaban J connectivity index is 1.09. The zero-order chi connectivity index (χ0) is 73.5. The lowest BCUT2D eigenvalue weighted by Gasteiger charge is -2.42. The molecular formula is C63H52N4O. The van der Waals surface area contributed by atoms with E-state index in [4.69, 9.17) is 36.3 Å². The molecule has 3 heterocycles. The molecule has 0 saturated heterocycles. The lowest BCUT2D eigenvalue weighted by atomic mass is 9.63. The van der Waals surface area contributed by atoms with Gasteiger partial charge in [0.2, 0.25) is 0 Å². The topological polar surface area (TPSA) is 35.9 Å². The Morgan fingerprint density at radius 1 is 0.618 bits per heavy atom. The SMILES string of the molecule is [2H]c1c([2H])c([2H])c(-c2cnc(-n3c4ccccc4c4ccc(Oc5cccc(-n6[c-][n+](-c7c(-c8c([2H])c([2H])c([2H])c([2H])c8[2H])cccc7-c7c([2H])c([2H])c8c(c7[2H])C(C([2H])([2H])[2H])(C([2H])([2H])[2H])C([2H])([2H])C([2H])([2H])C8(C([2H])([2H])[2H])C([2H])([2H])[2H])c7ccccc76)c5)cc43)cc2C([2H])([2H])[2H])c([2H])c1[2H]. The molecule has 3 aromatic heterocycles. The number of nitrogens with zero attached hydrogens (tertiary/aromatic N) is 4. The summed E-state index contributed by atoms with van der Waals surface area (Å²) >= 11 is 0. The Hall–Kier alpha value is -8.02. The van der Waals surface area contributed by atoms with E-state index in [1.807, 2.05) is 6.07 Å². The van der Waals surface area contributed by atoms with Gasteiger partial charge >= 0.3 is 0 Å². The molecule has 0 aliphatic heterocycles. The van der Waals surface area contributed by atoms with Gasteiger partial charge in [0.1, 0.15) is 17.3 Å². The molecule has 0 bridgehead atoms. The van der Waals surface area contributed by atoms with Crippen LogP contribution >= 0.6 is 0 Å². The molecule has 68 heavy (non-hydrogen) atoms. The van der Waals surface area contributed by atoms with Gasteiger partial charge in [-0.1, -0.05) is 173 Å². The van der Waals surface area contributed by atoms with E-state index in [1.165, 1.54) is 33.4 Å². The van der Waals surface area contributed by atoms with Crippen LogP contribution in [0.2, 0.25) is 0 Å². The van der Waals surface area contributed by atoms with Crippen LogP contribution in [0.5, 0.6) is 11.5 Å². The minimum Gasteiger partial charge on any atom is -0.458 e. The van der Waals surface area contributed by atoms with Gasteiger partial charge in [-0.2, -0.15) is 0 Å². The summed E-state index contributed by atoms with van der Waals surface area (Å²) < 4.78 is 297. The Bertz CT molecular complexity index is 5200. The molecule has 0 radical (unpaired) electrons. The predicted molar refractivity (Wildman–Crippen MR) is 279 cm³/mol. The van der Waals surface area contributed by atoms with Gasteiger partial charge in [-0.15, -0.1) is 0 Å². The van der Waals surface area contributed by atoms with E-state index in [-0.39, 0.29) is 56.3 Å². The number of hydrogen-bond donors (Lipinski definition) is 0. The van der Waals surface area contributed by atoms with E-state index in [0.717, 1.165) is 12.3 Å². The zero-order valence-corrected chi connectivity index (χ0v) is 35.2. The Kier molecular flexibility index (Phi) is 4.66. The first-order valence-electron chi connectivity index (χ1n) is 37.0. The summed E-state index contributed by atoms with van der Waals surface area (Å²) in [5.41, 5.74) is -14.4. The van der Waals surface area contributed by atoms with Crippen LogP contribution in [-0.2, 0) is 10.8 Å². The summed E-state index contributed by atoms with van der Waals surface area (Å²) in [4.78, 5) is 4.65. The van der Waals surface area contributed by atoms with Gasteiger partial charge in [0.05, 0.1) is 51.3 Å². The second-order valence-corrected chi connectivity index (χ2v) is 15.9. The van der Waals surface area contributed by atoms with Crippen LogP contribution in [0.25, 0.3) is 83.4 Å². The summed E-state index contributed by atoms with van der Waals surface area (Å²) in [6.07, 6.45) is -4.93. The van der Waals surface area contributed by atoms with Gasteiger partial charge in [0.25, 0.3) is 6.33 Å². The van der Waals surface area contributed by atoms with Gasteiger partial charge in [-0.3, -0.25) is 13.7 Å². The standard InChI is InChI=1S/C63H52N4O/c1-42-36-60(64-40-53(42)44-20-10-7-11-21-44)67-56-27-13-12-24-51(56)52-32-31-48(39-59(52)67)68-47-23-16-22-46(38-47)65-41-66(58-29-15-14-28-57(58)65)61-49(43-18-8-6-9-19-43)25-17-26-50(61)45-30-33-54-55(37-45)63(4,5)35-34-62(54,2)3/h6-33,36-40H,34-35H2,1-5H3/i1D3,2D3,3D3,4D3,5D3,6D,7D,8D,9D,10D,11D,18D,19D,20D,21D,30D,33D,34D2,35D2,37D. The van der Waals surface area contributed by atoms with Crippen LogP contribution < -0.4 is 9.30 Å². The molecule has 0 amide bonds. The number of rotatable bonds is 8. The van der Waals surface area contributed by atoms with Crippen LogP contribution in [0.1, 0.15) is 101 Å². The zero-order valence-electron chi connectivity index (χ0n) is 67.2. The number of ether oxygens (including phenoxy) is 1. The second kappa shape index (κ2) is 16.1. The highest BCUT2D eigenvalue weighted by atomic mass is 16.5. The molecule has 8 aromatic carbocycles. The monoisotopic (exact) mass is 913 g/mol. The normalized spacial score (nSPS) is 23.3. The fourth-order valence-corrected chi connectivity index (χ4v) is 8.64. The van der Waals surface area contributed by atoms with E-state index in [1.54, 1.807) is 83.4 Å². The maximum Gasteiger partial charge on any atom is 0.269 e. The van der Waals surface area contributed by atoms with Crippen molar-refractivity contribution in [3.05, 3.63) is 223 Å². The molecule has 0 unspecified atom stereocenters. The molecule has 1 aliphatic rings. The van der Waals surface area contributed by atoms with Crippen LogP contribution in [0, 0.1) is 13.2 Å². The first-order valence-corrected chi connectivity index (χ1v) is 21.0. The third-order valence-electron chi connectivity index (χ3n) is 11.7. The van der Waals surface area contributed by atoms with E-state index in [0.29, 0.717) is 21.8 Å². The molecular weight excluding hydrogens is 829 g/mol. The molecule has 5 heteroatoms. The van der Waals surface area contributed by atoms with Crippen molar-refractivity contribution in [3.8, 4) is 62.1 Å². The third-order valence-corrected chi connectivity index (χ3v) is 11.7. The molecule has 0 N–H and O–H groups in total. The van der Waals surface area contributed by atoms with Crippen molar-refractivity contribution >= 4 is 32.8 Å². The minimum atomic E-state index is -4.66. The number of hydrogen-bond acceptors (Lipinski definition) is 2. The average molecular weight is 913 g/mol. The maximum absolute atomic E-state index is 10.2. The first-order chi connectivity index (χ1) is 46.3. The Morgan fingerprint density at radius 3 is 2.07 bits per heavy atom. The smallest absolute Gasteiger partial charge is 0.269 e. The van der Waals surface area contributed by atoms with E-state index < -0.39 is 170 Å². The number of benzene rings is 8. The number of aromatic nitrogens is 4. The predicted octanol–water partition coefficient (Wildman–Crippen LogP) is 15.7. The van der Waals surface area contributed by atoms with Gasteiger partial charge in [-0.25, -0.2) is 4.98 Å². The summed E-state index contributed by atoms with van der Waals surface area (Å²) in [5, 5.41) is 1.36. The van der Waals surface area contributed by atoms with Crippen molar-refractivity contribution < 1.29 is 53.2 Å². The summed E-state index contributed by atoms with van der Waals surface area (Å²) in [6, 6.07) is 17.8. The molecule has 11 aromatic rings. The molecule has 330 valence electrons. The van der Waals surface area contributed by atoms with Gasteiger partial charge in [0.15, 0.2) is 0 Å². The number of fused-ring (bicyclic) bond motifs is 5. The minimum absolute atomic E-state index is 0.0762. The average Bonchev–Trinajstić information content (AvgIpc) is 0.722. The highest BCUT2D eigenvalue weighted by Crippen LogP contribution is 2.48. The van der Waals surface area contributed by atoms with E-state index in [9.17, 15) is 12.3 Å². The highest BCUT2D eigenvalue weighted by Gasteiger charge is 2.37. The number of imidazole rings is 1. The summed E-state index contributed by atoms with van der Waals surface area (Å²) in [5.74, 6) is 0.456. The largest absolute Gasteiger partial charge is 0.458 e. The van der Waals surface area contributed by atoms with Crippen LogP contribution in [0.4, 0.5) is 0 Å². The lowest BCUT2D eigenvalue weighted by molar-refractivity contribution is -0.571. The summed E-state index contributed by atoms with van der Waals surface area (Å²) in [6.45, 7) is -20.4. The third kappa shape index (κ3) is 7.00. The molecule has 0 saturated carbocycles. The van der Waals surface area contributed by atoms with Crippen molar-refractivity contribution in [3.63, 3.8) is 0 Å². The van der Waals surface area contributed by atoms with Crippen molar-refractivity contribution in [1.29, 1.82) is 0 Å².